The Labute approximate surface area is 219 Å². The molecular formula is C28H38N8O. The summed E-state index contributed by atoms with van der Waals surface area (Å²) < 4.78 is 0. The van der Waals surface area contributed by atoms with Gasteiger partial charge in [-0.1, -0.05) is 50.2 Å². The molecule has 0 radical (unpaired) electrons. The van der Waals surface area contributed by atoms with Crippen LogP contribution in [0.4, 0.5) is 23.5 Å². The van der Waals surface area contributed by atoms with Gasteiger partial charge in [-0.15, -0.1) is 0 Å². The number of aromatic nitrogens is 3. The summed E-state index contributed by atoms with van der Waals surface area (Å²) in [6.07, 6.45) is 2.07. The van der Waals surface area contributed by atoms with Crippen LogP contribution in [0.2, 0.25) is 0 Å². The summed E-state index contributed by atoms with van der Waals surface area (Å²) >= 11 is 0. The molecule has 196 valence electrons. The smallest absolute Gasteiger partial charge is 0.248 e. The van der Waals surface area contributed by atoms with Gasteiger partial charge in [0.25, 0.3) is 0 Å². The first-order chi connectivity index (χ1) is 17.8. The average molecular weight is 503 g/mol. The van der Waals surface area contributed by atoms with E-state index < -0.39 is 5.91 Å². The van der Waals surface area contributed by atoms with Crippen molar-refractivity contribution in [2.45, 2.75) is 39.7 Å². The number of nitrogens with zero attached hydrogens (tertiary/aromatic N) is 5. The predicted octanol–water partition coefficient (Wildman–Crippen LogP) is 3.84. The van der Waals surface area contributed by atoms with Gasteiger partial charge in [0.05, 0.1) is 0 Å². The minimum Gasteiger partial charge on any atom is -0.366 e. The highest BCUT2D eigenvalue weighted by atomic mass is 16.1. The lowest BCUT2D eigenvalue weighted by molar-refractivity contribution is 0.100. The summed E-state index contributed by atoms with van der Waals surface area (Å²) in [6.45, 7) is 10.1. The third-order valence-electron chi connectivity index (χ3n) is 6.54. The van der Waals surface area contributed by atoms with Crippen molar-refractivity contribution < 1.29 is 4.79 Å². The van der Waals surface area contributed by atoms with Gasteiger partial charge in [0.1, 0.15) is 0 Å². The second-order valence-corrected chi connectivity index (χ2v) is 10.2. The summed E-state index contributed by atoms with van der Waals surface area (Å²) in [6, 6.07) is 16.2. The number of nitrogens with two attached hydrogens (primary N) is 1. The highest BCUT2D eigenvalue weighted by Crippen LogP contribution is 2.23. The first kappa shape index (κ1) is 26.3. The SMILES string of the molecule is Cc1ccc(C(N)=O)cc1Nc1nc(NC2CCN(CCc3ccccc3)C2)nc(N(C)CC(C)C)n1. The summed E-state index contributed by atoms with van der Waals surface area (Å²) in [5.74, 6) is 1.54. The highest BCUT2D eigenvalue weighted by Gasteiger charge is 2.23. The topological polar surface area (TPSA) is 112 Å². The number of hydrogen-bond donors (Lipinski definition) is 3. The van der Waals surface area contributed by atoms with E-state index in [4.69, 9.17) is 10.7 Å². The quantitative estimate of drug-likeness (QED) is 0.363. The van der Waals surface area contributed by atoms with Gasteiger partial charge in [-0.05, 0) is 48.9 Å². The van der Waals surface area contributed by atoms with Crippen molar-refractivity contribution in [2.24, 2.45) is 11.7 Å². The van der Waals surface area contributed by atoms with Crippen LogP contribution in [0, 0.1) is 12.8 Å². The second-order valence-electron chi connectivity index (χ2n) is 10.2. The number of likely N-dealkylation sites (tertiary alicyclic amines) is 1. The molecule has 3 aromatic rings. The number of primary amides is 1. The Kier molecular flexibility index (Phi) is 8.55. The Morgan fingerprint density at radius 1 is 1.14 bits per heavy atom. The van der Waals surface area contributed by atoms with Crippen molar-refractivity contribution >= 4 is 29.4 Å². The van der Waals surface area contributed by atoms with Gasteiger partial charge >= 0.3 is 0 Å². The van der Waals surface area contributed by atoms with Gasteiger partial charge in [0, 0.05) is 50.5 Å². The maximum absolute atomic E-state index is 11.7. The van der Waals surface area contributed by atoms with E-state index in [9.17, 15) is 4.79 Å². The predicted molar refractivity (Wildman–Crippen MR) is 150 cm³/mol. The van der Waals surface area contributed by atoms with Crippen LogP contribution < -0.4 is 21.3 Å². The zero-order valence-corrected chi connectivity index (χ0v) is 22.2. The first-order valence-electron chi connectivity index (χ1n) is 12.9. The Morgan fingerprint density at radius 2 is 1.89 bits per heavy atom. The van der Waals surface area contributed by atoms with E-state index in [0.29, 0.717) is 29.3 Å². The van der Waals surface area contributed by atoms with Crippen LogP contribution in [-0.4, -0.2) is 65.0 Å². The molecule has 1 aromatic heterocycles. The van der Waals surface area contributed by atoms with E-state index in [1.807, 2.05) is 24.9 Å². The maximum atomic E-state index is 11.7. The number of carbonyl (C=O) groups excluding carboxylic acids is 1. The molecule has 1 aliphatic heterocycles. The molecular weight excluding hydrogens is 464 g/mol. The van der Waals surface area contributed by atoms with Crippen molar-refractivity contribution in [3.63, 3.8) is 0 Å². The van der Waals surface area contributed by atoms with Crippen LogP contribution >= 0.6 is 0 Å². The fraction of sp³-hybridized carbons (Fsp3) is 0.429. The molecule has 4 N–H and O–H groups in total. The van der Waals surface area contributed by atoms with Crippen LogP contribution in [0.15, 0.2) is 48.5 Å². The van der Waals surface area contributed by atoms with E-state index >= 15 is 0 Å². The molecule has 1 aliphatic rings. The molecule has 0 saturated carbocycles. The van der Waals surface area contributed by atoms with Crippen molar-refractivity contribution in [2.75, 3.05) is 48.8 Å². The fourth-order valence-electron chi connectivity index (χ4n) is 4.58. The molecule has 37 heavy (non-hydrogen) atoms. The second kappa shape index (κ2) is 12.0. The molecule has 1 saturated heterocycles. The number of anilines is 4. The number of amides is 1. The van der Waals surface area contributed by atoms with E-state index in [2.05, 4.69) is 69.7 Å². The summed E-state index contributed by atoms with van der Waals surface area (Å²) in [4.78, 5) is 30.3. The number of hydrogen-bond acceptors (Lipinski definition) is 8. The molecule has 0 bridgehead atoms. The van der Waals surface area contributed by atoms with Crippen LogP contribution in [0.3, 0.4) is 0 Å². The lowest BCUT2D eigenvalue weighted by Crippen LogP contribution is -2.29. The van der Waals surface area contributed by atoms with Crippen molar-refractivity contribution in [1.29, 1.82) is 0 Å². The van der Waals surface area contributed by atoms with E-state index in [1.165, 1.54) is 5.56 Å². The molecule has 1 unspecified atom stereocenters. The molecule has 2 heterocycles. The normalized spacial score (nSPS) is 15.6. The number of nitrogens with one attached hydrogen (secondary N) is 2. The zero-order valence-electron chi connectivity index (χ0n) is 22.2. The average Bonchev–Trinajstić information content (AvgIpc) is 3.31. The van der Waals surface area contributed by atoms with Gasteiger partial charge in [0.2, 0.25) is 23.8 Å². The molecule has 0 spiro atoms. The van der Waals surface area contributed by atoms with E-state index in [-0.39, 0.29) is 6.04 Å². The monoisotopic (exact) mass is 502 g/mol. The Bertz CT molecular complexity index is 1200. The molecule has 9 heteroatoms. The minimum absolute atomic E-state index is 0.259. The number of benzene rings is 2. The maximum Gasteiger partial charge on any atom is 0.248 e. The Hall–Kier alpha value is -3.72. The Morgan fingerprint density at radius 3 is 2.62 bits per heavy atom. The number of carbonyl (C=O) groups is 1. The van der Waals surface area contributed by atoms with Gasteiger partial charge in [-0.3, -0.25) is 4.79 Å². The van der Waals surface area contributed by atoms with Gasteiger partial charge in [0.15, 0.2) is 0 Å². The largest absolute Gasteiger partial charge is 0.366 e. The molecule has 9 nitrogen and oxygen atoms in total. The van der Waals surface area contributed by atoms with Gasteiger partial charge in [-0.2, -0.15) is 15.0 Å². The standard InChI is InChI=1S/C28H38N8O/c1-19(2)17-35(4)28-33-26(30-23-13-15-36(18-23)14-12-21-8-6-5-7-9-21)32-27(34-28)31-24-16-22(25(29)37)11-10-20(24)3/h5-11,16,19,23H,12-15,17-18H2,1-4H3,(H2,29,37)(H2,30,31,32,33,34). The number of rotatable bonds is 11. The third-order valence-corrected chi connectivity index (χ3v) is 6.54. The van der Waals surface area contributed by atoms with E-state index in [0.717, 1.165) is 50.3 Å². The highest BCUT2D eigenvalue weighted by molar-refractivity contribution is 5.94. The lowest BCUT2D eigenvalue weighted by Gasteiger charge is -2.22. The van der Waals surface area contributed by atoms with Crippen LogP contribution in [0.1, 0.15) is 41.8 Å². The van der Waals surface area contributed by atoms with Crippen LogP contribution in [0.5, 0.6) is 0 Å². The third kappa shape index (κ3) is 7.39. The molecule has 1 fully saturated rings. The van der Waals surface area contributed by atoms with Gasteiger partial charge in [-0.25, -0.2) is 0 Å². The number of aryl methyl sites for hydroxylation is 1. The van der Waals surface area contributed by atoms with Crippen LogP contribution in [-0.2, 0) is 6.42 Å². The summed E-state index contributed by atoms with van der Waals surface area (Å²) in [5.41, 5.74) is 8.98. The summed E-state index contributed by atoms with van der Waals surface area (Å²) in [7, 11) is 1.99. The first-order valence-corrected chi connectivity index (χ1v) is 12.9. The zero-order chi connectivity index (χ0) is 26.4. The fourth-order valence-corrected chi connectivity index (χ4v) is 4.58. The minimum atomic E-state index is -0.475. The molecule has 4 rings (SSSR count). The Balaban J connectivity index is 1.49. The molecule has 2 aromatic carbocycles. The summed E-state index contributed by atoms with van der Waals surface area (Å²) in [5, 5.41) is 6.82. The molecule has 1 amide bonds. The van der Waals surface area contributed by atoms with Crippen molar-refractivity contribution in [1.82, 2.24) is 19.9 Å². The van der Waals surface area contributed by atoms with Crippen molar-refractivity contribution in [3.05, 3.63) is 65.2 Å². The molecule has 0 aliphatic carbocycles. The van der Waals surface area contributed by atoms with Crippen molar-refractivity contribution in [3.8, 4) is 0 Å². The van der Waals surface area contributed by atoms with Crippen LogP contribution in [0.25, 0.3) is 0 Å². The van der Waals surface area contributed by atoms with E-state index in [1.54, 1.807) is 12.1 Å². The lowest BCUT2D eigenvalue weighted by atomic mass is 10.1. The van der Waals surface area contributed by atoms with Gasteiger partial charge < -0.3 is 26.2 Å². The molecule has 1 atom stereocenters.